The van der Waals surface area contributed by atoms with Gasteiger partial charge in [-0.1, -0.05) is 36.4 Å². The van der Waals surface area contributed by atoms with Crippen molar-refractivity contribution in [3.05, 3.63) is 72.4 Å². The zero-order valence-corrected chi connectivity index (χ0v) is 10.6. The highest BCUT2D eigenvalue weighted by atomic mass is 16.5. The number of hydrogen-bond donors (Lipinski definition) is 0. The summed E-state index contributed by atoms with van der Waals surface area (Å²) >= 11 is 0. The van der Waals surface area contributed by atoms with Crippen LogP contribution in [-0.2, 0) is 6.42 Å². The smallest absolute Gasteiger partial charge is 0.119 e. The highest BCUT2D eigenvalue weighted by Crippen LogP contribution is 2.17. The van der Waals surface area contributed by atoms with E-state index >= 15 is 0 Å². The van der Waals surface area contributed by atoms with Gasteiger partial charge in [0.1, 0.15) is 5.75 Å². The molecule has 1 heterocycles. The van der Waals surface area contributed by atoms with Crippen LogP contribution in [-0.4, -0.2) is 11.6 Å². The van der Waals surface area contributed by atoms with Crippen molar-refractivity contribution in [2.24, 2.45) is 0 Å². The van der Waals surface area contributed by atoms with E-state index in [1.807, 2.05) is 54.7 Å². The van der Waals surface area contributed by atoms with E-state index in [2.05, 4.69) is 17.1 Å². The Balaban J connectivity index is 1.72. The van der Waals surface area contributed by atoms with Gasteiger partial charge in [-0.25, -0.2) is 0 Å². The summed E-state index contributed by atoms with van der Waals surface area (Å²) in [6.45, 7) is 0.679. The van der Waals surface area contributed by atoms with Gasteiger partial charge in [0.2, 0.25) is 0 Å². The lowest BCUT2D eigenvalue weighted by molar-refractivity contribution is 0.322. The molecule has 2 heteroatoms. The zero-order valence-electron chi connectivity index (χ0n) is 10.6. The molecule has 19 heavy (non-hydrogen) atoms. The van der Waals surface area contributed by atoms with Crippen molar-refractivity contribution < 1.29 is 4.74 Å². The van der Waals surface area contributed by atoms with E-state index in [1.54, 1.807) is 0 Å². The lowest BCUT2D eigenvalue weighted by atomic mass is 10.1. The van der Waals surface area contributed by atoms with Gasteiger partial charge >= 0.3 is 0 Å². The Morgan fingerprint density at radius 3 is 2.53 bits per heavy atom. The minimum absolute atomic E-state index is 0.679. The lowest BCUT2D eigenvalue weighted by Crippen LogP contribution is -2.02. The fourth-order valence-corrected chi connectivity index (χ4v) is 2.17. The van der Waals surface area contributed by atoms with Crippen LogP contribution in [0.15, 0.2) is 66.9 Å². The predicted octanol–water partition coefficient (Wildman–Crippen LogP) is 3.86. The number of benzene rings is 2. The summed E-state index contributed by atoms with van der Waals surface area (Å²) < 4.78 is 5.74. The van der Waals surface area contributed by atoms with E-state index in [4.69, 9.17) is 4.74 Å². The summed E-state index contributed by atoms with van der Waals surface area (Å²) in [6, 6.07) is 20.2. The van der Waals surface area contributed by atoms with Gasteiger partial charge in [0.15, 0.2) is 0 Å². The molecule has 0 unspecified atom stereocenters. The van der Waals surface area contributed by atoms with E-state index in [9.17, 15) is 0 Å². The van der Waals surface area contributed by atoms with E-state index in [1.165, 1.54) is 10.9 Å². The third kappa shape index (κ3) is 2.74. The molecular formula is C17H15NO. The topological polar surface area (TPSA) is 22.1 Å². The molecule has 0 aliphatic carbocycles. The molecular weight excluding hydrogens is 234 g/mol. The van der Waals surface area contributed by atoms with Gasteiger partial charge in [-0.3, -0.25) is 4.98 Å². The molecule has 2 aromatic carbocycles. The van der Waals surface area contributed by atoms with Gasteiger partial charge in [0.25, 0.3) is 0 Å². The summed E-state index contributed by atoms with van der Waals surface area (Å²) in [5, 5.41) is 1.21. The SMILES string of the molecule is c1ccc(OCCc2ccnc3ccccc23)cc1. The van der Waals surface area contributed by atoms with Gasteiger partial charge in [0.05, 0.1) is 12.1 Å². The Morgan fingerprint density at radius 1 is 0.842 bits per heavy atom. The molecule has 94 valence electrons. The van der Waals surface area contributed by atoms with Crippen molar-refractivity contribution in [3.63, 3.8) is 0 Å². The maximum absolute atomic E-state index is 5.74. The van der Waals surface area contributed by atoms with Gasteiger partial charge in [-0.05, 0) is 29.8 Å². The van der Waals surface area contributed by atoms with E-state index in [-0.39, 0.29) is 0 Å². The number of hydrogen-bond acceptors (Lipinski definition) is 2. The number of fused-ring (bicyclic) bond motifs is 1. The molecule has 1 aromatic heterocycles. The molecule has 0 fully saturated rings. The average Bonchev–Trinajstić information content (AvgIpc) is 2.49. The molecule has 0 amide bonds. The number of nitrogens with zero attached hydrogens (tertiary/aromatic N) is 1. The van der Waals surface area contributed by atoms with Crippen LogP contribution in [0.3, 0.4) is 0 Å². The molecule has 2 nitrogen and oxygen atoms in total. The Bertz CT molecular complexity index is 659. The largest absolute Gasteiger partial charge is 0.493 e. The summed E-state index contributed by atoms with van der Waals surface area (Å²) in [6.07, 6.45) is 2.75. The number of para-hydroxylation sites is 2. The van der Waals surface area contributed by atoms with Crippen LogP contribution in [0.4, 0.5) is 0 Å². The van der Waals surface area contributed by atoms with Crippen LogP contribution in [0, 0.1) is 0 Å². The van der Waals surface area contributed by atoms with Crippen molar-refractivity contribution in [1.82, 2.24) is 4.98 Å². The van der Waals surface area contributed by atoms with E-state index < -0.39 is 0 Å². The number of aromatic nitrogens is 1. The predicted molar refractivity (Wildman–Crippen MR) is 77.4 cm³/mol. The van der Waals surface area contributed by atoms with Gasteiger partial charge in [-0.2, -0.15) is 0 Å². The number of ether oxygens (including phenoxy) is 1. The number of pyridine rings is 1. The molecule has 0 radical (unpaired) electrons. The molecule has 0 aliphatic heterocycles. The molecule has 3 aromatic rings. The Morgan fingerprint density at radius 2 is 1.63 bits per heavy atom. The zero-order chi connectivity index (χ0) is 12.9. The van der Waals surface area contributed by atoms with Crippen LogP contribution in [0.25, 0.3) is 10.9 Å². The first-order chi connectivity index (χ1) is 9.43. The minimum Gasteiger partial charge on any atom is -0.493 e. The summed E-state index contributed by atoms with van der Waals surface area (Å²) in [5.74, 6) is 0.917. The monoisotopic (exact) mass is 249 g/mol. The maximum Gasteiger partial charge on any atom is 0.119 e. The maximum atomic E-state index is 5.74. The average molecular weight is 249 g/mol. The van der Waals surface area contributed by atoms with Gasteiger partial charge in [0, 0.05) is 18.0 Å². The van der Waals surface area contributed by atoms with Crippen LogP contribution in [0.2, 0.25) is 0 Å². The first-order valence-electron chi connectivity index (χ1n) is 6.44. The van der Waals surface area contributed by atoms with Crippen molar-refractivity contribution in [3.8, 4) is 5.75 Å². The molecule has 0 bridgehead atoms. The molecule has 0 atom stereocenters. The van der Waals surface area contributed by atoms with Crippen molar-refractivity contribution in [1.29, 1.82) is 0 Å². The van der Waals surface area contributed by atoms with Gasteiger partial charge < -0.3 is 4.74 Å². The second kappa shape index (κ2) is 5.53. The fraction of sp³-hybridized carbons (Fsp3) is 0.118. The summed E-state index contributed by atoms with van der Waals surface area (Å²) in [7, 11) is 0. The standard InChI is InChI=1S/C17H15NO/c1-2-6-15(7-3-1)19-13-11-14-10-12-18-17-9-5-4-8-16(14)17/h1-10,12H,11,13H2. The van der Waals surface area contributed by atoms with E-state index in [0.29, 0.717) is 6.61 Å². The Hall–Kier alpha value is -2.35. The molecule has 0 spiro atoms. The first-order valence-corrected chi connectivity index (χ1v) is 6.44. The summed E-state index contributed by atoms with van der Waals surface area (Å²) in [4.78, 5) is 4.37. The fourth-order valence-electron chi connectivity index (χ4n) is 2.17. The van der Waals surface area contributed by atoms with E-state index in [0.717, 1.165) is 17.7 Å². The quantitative estimate of drug-likeness (QED) is 0.700. The highest BCUT2D eigenvalue weighted by Gasteiger charge is 2.01. The second-order valence-electron chi connectivity index (χ2n) is 4.40. The molecule has 3 rings (SSSR count). The van der Waals surface area contributed by atoms with Crippen LogP contribution >= 0.6 is 0 Å². The third-order valence-electron chi connectivity index (χ3n) is 3.12. The Kier molecular flexibility index (Phi) is 3.41. The van der Waals surface area contributed by atoms with Crippen LogP contribution < -0.4 is 4.74 Å². The highest BCUT2D eigenvalue weighted by molar-refractivity contribution is 5.81. The molecule has 0 N–H and O–H groups in total. The summed E-state index contributed by atoms with van der Waals surface area (Å²) in [5.41, 5.74) is 2.32. The number of rotatable bonds is 4. The minimum atomic E-state index is 0.679. The molecule has 0 aliphatic rings. The molecule has 0 saturated heterocycles. The van der Waals surface area contributed by atoms with Crippen LogP contribution in [0.1, 0.15) is 5.56 Å². The normalized spacial score (nSPS) is 10.5. The van der Waals surface area contributed by atoms with Crippen molar-refractivity contribution in [2.75, 3.05) is 6.61 Å². The Labute approximate surface area is 112 Å². The second-order valence-corrected chi connectivity index (χ2v) is 4.40. The van der Waals surface area contributed by atoms with Crippen LogP contribution in [0.5, 0.6) is 5.75 Å². The third-order valence-corrected chi connectivity index (χ3v) is 3.12. The lowest BCUT2D eigenvalue weighted by Gasteiger charge is -2.08. The van der Waals surface area contributed by atoms with Crippen molar-refractivity contribution >= 4 is 10.9 Å². The van der Waals surface area contributed by atoms with Gasteiger partial charge in [-0.15, -0.1) is 0 Å². The van der Waals surface area contributed by atoms with Crippen molar-refractivity contribution in [2.45, 2.75) is 6.42 Å². The first kappa shape index (κ1) is 11.7. The molecule has 0 saturated carbocycles.